The molecule has 2 atom stereocenters. The maximum absolute atomic E-state index is 10.2. The molecule has 2 aliphatic rings. The van der Waals surface area contributed by atoms with Crippen LogP contribution < -0.4 is 92.1 Å². The standard InChI is InChI=1S/C3H6.2C2H7NO4S.C2H7NO.C2H5N.2CH4.2Na.2H2O4S.H2O/c1-2-3-1;2*3-1-2-8(5)7-6-4;3-1-2-4;1-2-3-1;;;;;2*1-5(2,3)4;/h1-3H2;2*4H,1-3H2;4H,1-3H2;3H,1-2H2;2*1H4;;;2*(H2,1,2,3,4);1H2/q;;;;;;;2*+1;;;/p-1. The molecule has 2 rings (SSSR count). The van der Waals surface area contributed by atoms with Crippen molar-refractivity contribution in [1.29, 1.82) is 0 Å². The average Bonchev–Trinajstić information content (AvgIpc) is 3.59. The zero-order valence-electron chi connectivity index (χ0n) is 22.5. The van der Waals surface area contributed by atoms with Gasteiger partial charge in [-0.05, 0) is 0 Å². The van der Waals surface area contributed by atoms with E-state index in [0.717, 1.165) is 0 Å². The second kappa shape index (κ2) is 54.1. The Hall–Kier alpha value is 1.56. The Labute approximate surface area is 291 Å². The Morgan fingerprint density at radius 3 is 1.12 bits per heavy atom. The van der Waals surface area contributed by atoms with E-state index >= 15 is 0 Å². The molecular formula is C13H45N4Na2O18S4+. The minimum atomic E-state index is -5.17. The molecule has 28 heteroatoms. The molecule has 0 spiro atoms. The summed E-state index contributed by atoms with van der Waals surface area (Å²) in [6.07, 6.45) is 4.50. The van der Waals surface area contributed by atoms with Gasteiger partial charge >= 0.3 is 70.9 Å². The summed E-state index contributed by atoms with van der Waals surface area (Å²) in [6, 6.07) is 0. The number of hydrogen-bond donors (Lipinski definition) is 7. The van der Waals surface area contributed by atoms with Gasteiger partial charge in [0.1, 0.15) is 11.5 Å². The number of aliphatic hydroxyl groups is 1. The Bertz CT molecular complexity index is 605. The van der Waals surface area contributed by atoms with Gasteiger partial charge in [0.25, 0.3) is 0 Å². The second-order valence-electron chi connectivity index (χ2n) is 5.17. The number of hydrogen-bond acceptors (Lipinski definition) is 17. The third-order valence-electron chi connectivity index (χ3n) is 1.56. The number of rotatable bonds is 9. The predicted octanol–water partition coefficient (Wildman–Crippen LogP) is -13.5. The fourth-order valence-corrected chi connectivity index (χ4v) is 1.10. The van der Waals surface area contributed by atoms with Crippen LogP contribution in [0.3, 0.4) is 0 Å². The van der Waals surface area contributed by atoms with Gasteiger partial charge in [-0.15, -0.1) is 8.67 Å². The third kappa shape index (κ3) is 237. The van der Waals surface area contributed by atoms with Crippen molar-refractivity contribution in [3.63, 3.8) is 0 Å². The molecule has 14 N–H and O–H groups in total. The molecule has 1 aliphatic carbocycles. The van der Waals surface area contributed by atoms with E-state index in [1.165, 1.54) is 32.4 Å². The van der Waals surface area contributed by atoms with Crippen LogP contribution in [0.15, 0.2) is 0 Å². The van der Waals surface area contributed by atoms with Crippen LogP contribution in [0.25, 0.3) is 0 Å². The maximum atomic E-state index is 10.2. The van der Waals surface area contributed by atoms with Gasteiger partial charge in [0.05, 0.1) is 19.7 Å². The van der Waals surface area contributed by atoms with Crippen LogP contribution in [0.4, 0.5) is 0 Å². The van der Waals surface area contributed by atoms with Crippen LogP contribution in [0, 0.1) is 0 Å². The Morgan fingerprint density at radius 1 is 0.854 bits per heavy atom. The average molecular weight is 720 g/mol. The summed E-state index contributed by atoms with van der Waals surface area (Å²) in [4.78, 5) is 0. The molecule has 0 aromatic rings. The second-order valence-corrected chi connectivity index (χ2v) is 9.19. The van der Waals surface area contributed by atoms with Crippen LogP contribution in [-0.2, 0) is 61.7 Å². The molecule has 250 valence electrons. The molecule has 41 heavy (non-hydrogen) atoms. The summed E-state index contributed by atoms with van der Waals surface area (Å²) in [5, 5.41) is 34.7. The van der Waals surface area contributed by atoms with Crippen LogP contribution in [0.5, 0.6) is 0 Å². The molecule has 0 radical (unpaired) electrons. The van der Waals surface area contributed by atoms with Gasteiger partial charge < -0.3 is 52.7 Å². The van der Waals surface area contributed by atoms with Gasteiger partial charge in [-0.25, -0.2) is 8.42 Å². The first-order valence-corrected chi connectivity index (χ1v) is 14.4. The molecule has 1 saturated carbocycles. The van der Waals surface area contributed by atoms with E-state index in [4.69, 9.17) is 56.4 Å². The van der Waals surface area contributed by atoms with E-state index in [2.05, 4.69) is 35.5 Å². The van der Waals surface area contributed by atoms with Crippen LogP contribution in [-0.4, -0.2) is 105 Å². The van der Waals surface area contributed by atoms with Crippen LogP contribution in [0.1, 0.15) is 35.5 Å². The van der Waals surface area contributed by atoms with Crippen LogP contribution >= 0.6 is 0 Å². The SMILES string of the molecule is C.C.C1CC1.C1CN1.NCCO.O.O=S(=O)(O)O.O=S(=O)([O-])[O-].[H+].[NH3+]CCS(=O)OO[O-].[NH3+]CCS(=O)OO[O-].[Na+].[Na+]. The van der Waals surface area contributed by atoms with Gasteiger partial charge in [0, 0.05) is 30.0 Å². The normalized spacial score (nSPS) is 12.4. The smallest absolute Gasteiger partial charge is 0.759 e. The first kappa shape index (κ1) is 69.3. The maximum Gasteiger partial charge on any atom is 1.00 e. The number of aliphatic hydroxyl groups excluding tert-OH is 1. The monoisotopic (exact) mass is 719 g/mol. The topological polar surface area (TPSA) is 427 Å². The predicted molar refractivity (Wildman–Crippen MR) is 132 cm³/mol. The van der Waals surface area contributed by atoms with Crippen molar-refractivity contribution in [2.24, 2.45) is 5.73 Å². The van der Waals surface area contributed by atoms with Crippen LogP contribution in [0.2, 0.25) is 0 Å². The van der Waals surface area contributed by atoms with Crippen molar-refractivity contribution in [2.45, 2.75) is 34.1 Å². The van der Waals surface area contributed by atoms with Gasteiger partial charge in [-0.1, -0.05) is 34.1 Å². The summed E-state index contributed by atoms with van der Waals surface area (Å²) in [7, 11) is -9.83. The first-order chi connectivity index (χ1) is 16.5. The minimum Gasteiger partial charge on any atom is -0.759 e. The van der Waals surface area contributed by atoms with Gasteiger partial charge in [0.2, 0.25) is 0 Å². The molecule has 1 aliphatic heterocycles. The Balaban J connectivity index is -0.0000000296. The van der Waals surface area contributed by atoms with Gasteiger partial charge in [-0.3, -0.25) is 27.6 Å². The van der Waals surface area contributed by atoms with Crippen molar-refractivity contribution in [1.82, 2.24) is 5.32 Å². The molecule has 0 amide bonds. The molecule has 22 nitrogen and oxygen atoms in total. The van der Waals surface area contributed by atoms with E-state index in [1.54, 1.807) is 0 Å². The molecule has 0 bridgehead atoms. The van der Waals surface area contributed by atoms with Crippen molar-refractivity contribution >= 4 is 43.0 Å². The summed E-state index contributed by atoms with van der Waals surface area (Å²) < 4.78 is 93.3. The Kier molecular flexibility index (Phi) is 91.4. The summed E-state index contributed by atoms with van der Waals surface area (Å²) in [6.45, 7) is 3.88. The van der Waals surface area contributed by atoms with E-state index < -0.39 is 43.0 Å². The Morgan fingerprint density at radius 2 is 1.05 bits per heavy atom. The summed E-state index contributed by atoms with van der Waals surface area (Å²) >= 11 is -3.23. The molecular weight excluding hydrogens is 674 g/mol. The molecule has 2 fully saturated rings. The van der Waals surface area contributed by atoms with E-state index in [0.29, 0.717) is 19.6 Å². The third-order valence-corrected chi connectivity index (χ3v) is 3.22. The quantitative estimate of drug-likeness (QED) is 0.0290. The van der Waals surface area contributed by atoms with Crippen molar-refractivity contribution < 1.29 is 155 Å². The number of quaternary nitrogens is 2. The molecule has 0 aromatic carbocycles. The van der Waals surface area contributed by atoms with Crippen molar-refractivity contribution in [2.75, 3.05) is 50.8 Å². The van der Waals surface area contributed by atoms with E-state index in [1.807, 2.05) is 0 Å². The first-order valence-electron chi connectivity index (χ1n) is 9.21. The van der Waals surface area contributed by atoms with Crippen molar-refractivity contribution in [3.8, 4) is 0 Å². The van der Waals surface area contributed by atoms with Crippen molar-refractivity contribution in [3.05, 3.63) is 0 Å². The molecule has 1 heterocycles. The zero-order valence-corrected chi connectivity index (χ0v) is 28.7. The number of nitrogens with one attached hydrogen (secondary N) is 1. The minimum absolute atomic E-state index is 0. The fraction of sp³-hybridized carbons (Fsp3) is 1.00. The van der Waals surface area contributed by atoms with Gasteiger partial charge in [0.15, 0.2) is 22.2 Å². The number of nitrogens with two attached hydrogens (primary N) is 1. The van der Waals surface area contributed by atoms with Gasteiger partial charge in [-0.2, -0.15) is 8.42 Å². The largest absolute Gasteiger partial charge is 1.00 e. The summed E-state index contributed by atoms with van der Waals surface area (Å²) in [5.41, 5.74) is 11.5. The summed E-state index contributed by atoms with van der Waals surface area (Å²) in [5.74, 6) is 0.449. The molecule has 1 saturated heterocycles. The fourth-order valence-electron chi connectivity index (χ4n) is 0.366. The molecule has 0 aromatic heterocycles. The van der Waals surface area contributed by atoms with E-state index in [9.17, 15) is 8.42 Å². The zero-order chi connectivity index (χ0) is 29.5. The van der Waals surface area contributed by atoms with E-state index in [-0.39, 0.29) is 99.0 Å². The molecule has 2 unspecified atom stereocenters.